The number of carbonyl (C=O) groups excluding carboxylic acids is 3. The third kappa shape index (κ3) is 7.56. The Morgan fingerprint density at radius 2 is 1.78 bits per heavy atom. The van der Waals surface area contributed by atoms with Crippen LogP contribution in [-0.4, -0.2) is 90.8 Å². The Hall–Kier alpha value is -4.58. The van der Waals surface area contributed by atoms with Gasteiger partial charge in [0, 0.05) is 49.8 Å². The minimum absolute atomic E-state index is 0.0304. The molecular formula is C26H34N8O11. The lowest BCUT2D eigenvalue weighted by Gasteiger charge is -2.43. The zero-order valence-electron chi connectivity index (χ0n) is 25.2. The van der Waals surface area contributed by atoms with E-state index in [9.17, 15) is 29.1 Å². The highest BCUT2D eigenvalue weighted by Crippen LogP contribution is 2.36. The molecule has 2 aliphatic heterocycles. The fourth-order valence-electron chi connectivity index (χ4n) is 5.33. The van der Waals surface area contributed by atoms with Gasteiger partial charge >= 0.3 is 23.6 Å². The molecule has 0 spiro atoms. The Morgan fingerprint density at radius 3 is 2.42 bits per heavy atom. The Balaban J connectivity index is 1.62. The second kappa shape index (κ2) is 14.0. The van der Waals surface area contributed by atoms with Crippen molar-refractivity contribution in [3.63, 3.8) is 0 Å². The van der Waals surface area contributed by atoms with Crippen molar-refractivity contribution in [1.29, 1.82) is 0 Å². The minimum atomic E-state index is -1.10. The van der Waals surface area contributed by atoms with Crippen LogP contribution >= 0.6 is 0 Å². The van der Waals surface area contributed by atoms with E-state index in [-0.39, 0.29) is 37.4 Å². The van der Waals surface area contributed by atoms with Crippen molar-refractivity contribution < 1.29 is 43.2 Å². The summed E-state index contributed by atoms with van der Waals surface area (Å²) < 4.78 is 31.3. The zero-order valence-corrected chi connectivity index (χ0v) is 25.2. The van der Waals surface area contributed by atoms with Crippen LogP contribution in [0.5, 0.6) is 0 Å². The Bertz CT molecular complexity index is 1600. The van der Waals surface area contributed by atoms with Crippen molar-refractivity contribution >= 4 is 17.9 Å². The van der Waals surface area contributed by atoms with Crippen molar-refractivity contribution in [2.45, 2.75) is 90.6 Å². The van der Waals surface area contributed by atoms with Gasteiger partial charge in [0.25, 0.3) is 5.56 Å². The molecule has 0 aromatic carbocycles. The summed E-state index contributed by atoms with van der Waals surface area (Å²) in [5, 5.41) is 21.9. The number of aryl methyl sites for hydroxylation is 1. The molecule has 4 rings (SSSR count). The largest absolute Gasteiger partial charge is 0.463 e. The first kappa shape index (κ1) is 33.3. The number of esters is 3. The van der Waals surface area contributed by atoms with Gasteiger partial charge in [0.15, 0.2) is 12.3 Å². The number of azide groups is 1. The van der Waals surface area contributed by atoms with E-state index in [1.54, 1.807) is 6.92 Å². The molecule has 8 atom stereocenters. The van der Waals surface area contributed by atoms with E-state index >= 15 is 0 Å². The molecule has 19 heteroatoms. The standard InChI is InChI=1S/C26H34N8O11/c1-12-8-32(21-6-18(38)19(44-21)7-28-30-27)26(40)33(24(12)39)9-17-10-34(31-29-17)25-13(2)22(42-15(4)36)23(43-16(5)37)20(45-25)11-41-14(3)35/h8,10,13,18-23,25,38H,6-7,9,11H2,1-5H3/t13?,18?,19-,20?,21-,22?,23+,25+/m1/s1. The SMILES string of the molecule is CC(=O)OCC1O[C@H](n2cc(Cn3c(=O)c(C)cn([C@H]4CC(O)[C@@H](CN=[N+]=[N-])O4)c3=O)nn2)C(C)C(OC(C)=O)[C@H]1OC(C)=O. The maximum absolute atomic E-state index is 13.4. The van der Waals surface area contributed by atoms with Gasteiger partial charge in [0.1, 0.15) is 30.7 Å². The molecule has 2 aromatic rings. The first-order valence-corrected chi connectivity index (χ1v) is 14.0. The lowest BCUT2D eigenvalue weighted by atomic mass is 9.91. The quantitative estimate of drug-likeness (QED) is 0.118. The van der Waals surface area contributed by atoms with Gasteiger partial charge in [-0.1, -0.05) is 17.3 Å². The predicted molar refractivity (Wildman–Crippen MR) is 148 cm³/mol. The molecule has 0 saturated carbocycles. The van der Waals surface area contributed by atoms with Crippen LogP contribution in [0.4, 0.5) is 0 Å². The van der Waals surface area contributed by atoms with Crippen molar-refractivity contribution in [2.24, 2.45) is 11.0 Å². The smallest absolute Gasteiger partial charge is 0.333 e. The number of aliphatic hydroxyl groups is 1. The van der Waals surface area contributed by atoms with E-state index < -0.39 is 78.1 Å². The van der Waals surface area contributed by atoms with E-state index in [0.717, 1.165) is 4.57 Å². The average Bonchev–Trinajstić information content (AvgIpc) is 3.59. The van der Waals surface area contributed by atoms with Gasteiger partial charge in [-0.15, -0.1) is 5.10 Å². The fourth-order valence-corrected chi connectivity index (χ4v) is 5.33. The Labute approximate surface area is 255 Å². The minimum Gasteiger partial charge on any atom is -0.463 e. The number of aromatic nitrogens is 5. The molecule has 2 saturated heterocycles. The highest BCUT2D eigenvalue weighted by atomic mass is 16.6. The Morgan fingerprint density at radius 1 is 1.09 bits per heavy atom. The number of nitrogens with zero attached hydrogens (tertiary/aromatic N) is 8. The molecule has 2 fully saturated rings. The number of rotatable bonds is 10. The summed E-state index contributed by atoms with van der Waals surface area (Å²) in [6, 6.07) is 0. The maximum Gasteiger partial charge on any atom is 0.333 e. The van der Waals surface area contributed by atoms with E-state index in [1.165, 1.54) is 49.3 Å². The Kier molecular flexibility index (Phi) is 10.4. The lowest BCUT2D eigenvalue weighted by Crippen LogP contribution is -2.56. The van der Waals surface area contributed by atoms with E-state index in [1.807, 2.05) is 0 Å². The van der Waals surface area contributed by atoms with Crippen molar-refractivity contribution in [3.8, 4) is 0 Å². The first-order chi connectivity index (χ1) is 21.3. The molecule has 45 heavy (non-hydrogen) atoms. The van der Waals surface area contributed by atoms with E-state index in [4.69, 9.17) is 29.2 Å². The van der Waals surface area contributed by atoms with Crippen LogP contribution in [0, 0.1) is 12.8 Å². The molecule has 0 bridgehead atoms. The van der Waals surface area contributed by atoms with E-state index in [0.29, 0.717) is 0 Å². The molecule has 0 radical (unpaired) electrons. The van der Waals surface area contributed by atoms with Crippen molar-refractivity contribution in [2.75, 3.05) is 13.2 Å². The first-order valence-electron chi connectivity index (χ1n) is 14.0. The van der Waals surface area contributed by atoms with Gasteiger partial charge in [0.05, 0.1) is 31.5 Å². The number of hydrogen-bond acceptors (Lipinski definition) is 14. The molecular weight excluding hydrogens is 600 g/mol. The molecule has 1 N–H and O–H groups in total. The second-order valence-electron chi connectivity index (χ2n) is 10.8. The summed E-state index contributed by atoms with van der Waals surface area (Å²) in [5.74, 6) is -2.58. The van der Waals surface area contributed by atoms with Crippen LogP contribution in [0.3, 0.4) is 0 Å². The van der Waals surface area contributed by atoms with Gasteiger partial charge in [-0.2, -0.15) is 0 Å². The second-order valence-corrected chi connectivity index (χ2v) is 10.8. The van der Waals surface area contributed by atoms with Gasteiger partial charge in [-0.3, -0.25) is 28.3 Å². The summed E-state index contributed by atoms with van der Waals surface area (Å²) >= 11 is 0. The lowest BCUT2D eigenvalue weighted by molar-refractivity contribution is -0.248. The van der Waals surface area contributed by atoms with E-state index in [2.05, 4.69) is 20.3 Å². The number of carbonyl (C=O) groups is 3. The molecule has 244 valence electrons. The average molecular weight is 635 g/mol. The number of aliphatic hydroxyl groups excluding tert-OH is 1. The van der Waals surface area contributed by atoms with Crippen molar-refractivity contribution in [3.05, 3.63) is 54.9 Å². The van der Waals surface area contributed by atoms with Gasteiger partial charge < -0.3 is 28.8 Å². The van der Waals surface area contributed by atoms with Gasteiger partial charge in [0.2, 0.25) is 0 Å². The monoisotopic (exact) mass is 634 g/mol. The summed E-state index contributed by atoms with van der Waals surface area (Å²) in [6.45, 7) is 6.01. The van der Waals surface area contributed by atoms with Crippen LogP contribution in [0.1, 0.15) is 57.8 Å². The molecule has 0 amide bonds. The van der Waals surface area contributed by atoms with Crippen LogP contribution in [-0.2, 0) is 44.6 Å². The molecule has 2 aromatic heterocycles. The number of hydrogen-bond donors (Lipinski definition) is 1. The molecule has 4 unspecified atom stereocenters. The fraction of sp³-hybridized carbons (Fsp3) is 0.654. The molecule has 19 nitrogen and oxygen atoms in total. The maximum atomic E-state index is 13.4. The summed E-state index contributed by atoms with van der Waals surface area (Å²) in [7, 11) is 0. The van der Waals surface area contributed by atoms with Crippen LogP contribution in [0.25, 0.3) is 10.4 Å². The topological polar surface area (TPSA) is 241 Å². The molecule has 4 heterocycles. The van der Waals surface area contributed by atoms with Crippen LogP contribution in [0.15, 0.2) is 27.1 Å². The van der Waals surface area contributed by atoms with Crippen molar-refractivity contribution in [1.82, 2.24) is 24.1 Å². The van der Waals surface area contributed by atoms with Crippen LogP contribution < -0.4 is 11.2 Å². The highest BCUT2D eigenvalue weighted by molar-refractivity contribution is 5.67. The third-order valence-corrected chi connectivity index (χ3v) is 7.37. The normalized spacial score (nSPS) is 27.8. The summed E-state index contributed by atoms with van der Waals surface area (Å²) in [6.07, 6.45) is -4.07. The summed E-state index contributed by atoms with van der Waals surface area (Å²) in [5.41, 5.74) is 7.68. The van der Waals surface area contributed by atoms with Gasteiger partial charge in [-0.05, 0) is 12.5 Å². The predicted octanol–water partition coefficient (Wildman–Crippen LogP) is -0.123. The molecule has 0 aliphatic carbocycles. The molecule has 2 aliphatic rings. The summed E-state index contributed by atoms with van der Waals surface area (Å²) in [4.78, 5) is 64.5. The number of ether oxygens (including phenoxy) is 5. The zero-order chi connectivity index (χ0) is 33.0. The third-order valence-electron chi connectivity index (χ3n) is 7.37. The van der Waals surface area contributed by atoms with Crippen LogP contribution in [0.2, 0.25) is 0 Å². The van der Waals surface area contributed by atoms with Gasteiger partial charge in [-0.25, -0.2) is 9.48 Å². The highest BCUT2D eigenvalue weighted by Gasteiger charge is 2.49.